The SMILES string of the molecule is C[C@H]1C[C@@]2(C)C(CC[C@@H]2O)C2CCc3c(ccc(C#N)c3F)C21.Cc1ccncc1. The molecule has 158 valence electrons. The zero-order valence-corrected chi connectivity index (χ0v) is 18.1. The molecule has 0 spiro atoms. The normalized spacial score (nSPS) is 33.9. The summed E-state index contributed by atoms with van der Waals surface area (Å²) < 4.78 is 14.6. The van der Waals surface area contributed by atoms with Crippen molar-refractivity contribution in [3.05, 3.63) is 64.7 Å². The van der Waals surface area contributed by atoms with Crippen molar-refractivity contribution in [2.24, 2.45) is 23.2 Å². The number of rotatable bonds is 0. The number of benzene rings is 1. The molecule has 3 aliphatic rings. The van der Waals surface area contributed by atoms with E-state index in [0.29, 0.717) is 23.7 Å². The molecule has 5 rings (SSSR count). The molecule has 1 aromatic heterocycles. The minimum Gasteiger partial charge on any atom is -0.393 e. The lowest BCUT2D eigenvalue weighted by atomic mass is 9.52. The monoisotopic (exact) mass is 406 g/mol. The summed E-state index contributed by atoms with van der Waals surface area (Å²) in [7, 11) is 0. The molecule has 2 aromatic rings. The number of halogens is 1. The molecule has 2 fully saturated rings. The Balaban J connectivity index is 0.000000265. The maximum Gasteiger partial charge on any atom is 0.144 e. The summed E-state index contributed by atoms with van der Waals surface area (Å²) in [5.74, 6) is 1.62. The number of nitriles is 1. The van der Waals surface area contributed by atoms with Crippen molar-refractivity contribution in [2.45, 2.75) is 64.9 Å². The van der Waals surface area contributed by atoms with E-state index in [-0.39, 0.29) is 22.9 Å². The van der Waals surface area contributed by atoms with Gasteiger partial charge in [-0.1, -0.05) is 19.9 Å². The summed E-state index contributed by atoms with van der Waals surface area (Å²) in [5.41, 5.74) is 3.37. The topological polar surface area (TPSA) is 56.9 Å². The van der Waals surface area contributed by atoms with Crippen LogP contribution in [0.2, 0.25) is 0 Å². The van der Waals surface area contributed by atoms with Crippen LogP contribution in [0.25, 0.3) is 0 Å². The van der Waals surface area contributed by atoms with Gasteiger partial charge >= 0.3 is 0 Å². The maximum absolute atomic E-state index is 14.6. The molecule has 30 heavy (non-hydrogen) atoms. The van der Waals surface area contributed by atoms with Crippen LogP contribution in [0.3, 0.4) is 0 Å². The number of aliphatic hydroxyl groups excluding tert-OH is 1. The molecule has 0 bridgehead atoms. The Morgan fingerprint density at radius 1 is 1.17 bits per heavy atom. The minimum absolute atomic E-state index is 0.0310. The molecule has 0 aliphatic heterocycles. The van der Waals surface area contributed by atoms with Crippen molar-refractivity contribution in [3.63, 3.8) is 0 Å². The number of fused-ring (bicyclic) bond motifs is 5. The number of nitrogens with zero attached hydrogens (tertiary/aromatic N) is 2. The van der Waals surface area contributed by atoms with Gasteiger partial charge in [0.25, 0.3) is 0 Å². The third kappa shape index (κ3) is 3.44. The van der Waals surface area contributed by atoms with Crippen LogP contribution in [-0.4, -0.2) is 16.2 Å². The quantitative estimate of drug-likeness (QED) is 0.624. The fourth-order valence-corrected chi connectivity index (χ4v) is 6.67. The Morgan fingerprint density at radius 2 is 1.90 bits per heavy atom. The summed E-state index contributed by atoms with van der Waals surface area (Å²) in [6, 6.07) is 9.57. The van der Waals surface area contributed by atoms with E-state index < -0.39 is 0 Å². The van der Waals surface area contributed by atoms with Crippen LogP contribution in [0.4, 0.5) is 4.39 Å². The maximum atomic E-state index is 14.6. The molecule has 6 atom stereocenters. The van der Waals surface area contributed by atoms with E-state index in [9.17, 15) is 9.50 Å². The Hall–Kier alpha value is -2.25. The highest BCUT2D eigenvalue weighted by Crippen LogP contribution is 2.62. The molecule has 3 nitrogen and oxygen atoms in total. The Morgan fingerprint density at radius 3 is 2.53 bits per heavy atom. The molecule has 3 unspecified atom stereocenters. The van der Waals surface area contributed by atoms with E-state index in [4.69, 9.17) is 5.26 Å². The van der Waals surface area contributed by atoms with Gasteiger partial charge in [-0.2, -0.15) is 5.26 Å². The van der Waals surface area contributed by atoms with Crippen LogP contribution in [0, 0.1) is 47.2 Å². The summed E-state index contributed by atoms with van der Waals surface area (Å²) in [6.45, 7) is 6.56. The van der Waals surface area contributed by atoms with Gasteiger partial charge in [0.15, 0.2) is 0 Å². The van der Waals surface area contributed by atoms with Gasteiger partial charge in [0, 0.05) is 12.4 Å². The third-order valence-corrected chi connectivity index (χ3v) is 8.05. The van der Waals surface area contributed by atoms with Crippen LogP contribution in [0.1, 0.15) is 67.7 Å². The van der Waals surface area contributed by atoms with Gasteiger partial charge in [0.1, 0.15) is 11.9 Å². The Labute approximate surface area is 179 Å². The second-order valence-corrected chi connectivity index (χ2v) is 9.75. The first-order valence-electron chi connectivity index (χ1n) is 11.1. The van der Waals surface area contributed by atoms with E-state index in [0.717, 1.165) is 43.2 Å². The second-order valence-electron chi connectivity index (χ2n) is 9.75. The minimum atomic E-state index is -0.296. The first kappa shape index (κ1) is 21.0. The van der Waals surface area contributed by atoms with Gasteiger partial charge in [-0.15, -0.1) is 0 Å². The third-order valence-electron chi connectivity index (χ3n) is 8.05. The predicted octanol–water partition coefficient (Wildman–Crippen LogP) is 5.55. The number of pyridine rings is 1. The number of aryl methyl sites for hydroxylation is 1. The van der Waals surface area contributed by atoms with Crippen LogP contribution >= 0.6 is 0 Å². The van der Waals surface area contributed by atoms with Crippen molar-refractivity contribution in [1.29, 1.82) is 5.26 Å². The van der Waals surface area contributed by atoms with E-state index in [1.807, 2.05) is 31.2 Å². The number of aliphatic hydroxyl groups is 1. The van der Waals surface area contributed by atoms with Gasteiger partial charge in [-0.05, 0) is 103 Å². The number of aromatic nitrogens is 1. The molecular formula is C26H31FN2O. The van der Waals surface area contributed by atoms with Gasteiger partial charge in [-0.25, -0.2) is 4.39 Å². The van der Waals surface area contributed by atoms with Crippen LogP contribution in [-0.2, 0) is 6.42 Å². The molecule has 4 heteroatoms. The zero-order valence-electron chi connectivity index (χ0n) is 18.1. The summed E-state index contributed by atoms with van der Waals surface area (Å²) in [5, 5.41) is 19.6. The largest absolute Gasteiger partial charge is 0.393 e. The summed E-state index contributed by atoms with van der Waals surface area (Å²) >= 11 is 0. The molecule has 2 saturated carbocycles. The predicted molar refractivity (Wildman–Crippen MR) is 115 cm³/mol. The first-order valence-corrected chi connectivity index (χ1v) is 11.1. The highest BCUT2D eigenvalue weighted by Gasteiger charge is 2.56. The Bertz CT molecular complexity index is 953. The van der Waals surface area contributed by atoms with E-state index in [1.54, 1.807) is 18.5 Å². The summed E-state index contributed by atoms with van der Waals surface area (Å²) in [6.07, 6.45) is 8.13. The average Bonchev–Trinajstić information content (AvgIpc) is 3.03. The fourth-order valence-electron chi connectivity index (χ4n) is 6.67. The average molecular weight is 407 g/mol. The van der Waals surface area contributed by atoms with Gasteiger partial charge in [0.2, 0.25) is 0 Å². The van der Waals surface area contributed by atoms with Crippen molar-refractivity contribution < 1.29 is 9.50 Å². The highest BCUT2D eigenvalue weighted by atomic mass is 19.1. The molecule has 0 saturated heterocycles. The van der Waals surface area contributed by atoms with E-state index in [2.05, 4.69) is 18.8 Å². The zero-order chi connectivity index (χ0) is 21.5. The van der Waals surface area contributed by atoms with Crippen molar-refractivity contribution in [3.8, 4) is 6.07 Å². The molecule has 1 heterocycles. The lowest BCUT2D eigenvalue weighted by Gasteiger charge is -2.53. The van der Waals surface area contributed by atoms with Crippen molar-refractivity contribution in [2.75, 3.05) is 0 Å². The lowest BCUT2D eigenvalue weighted by Crippen LogP contribution is -2.47. The number of hydrogen-bond acceptors (Lipinski definition) is 3. The molecule has 0 amide bonds. The highest BCUT2D eigenvalue weighted by molar-refractivity contribution is 5.44. The number of hydrogen-bond donors (Lipinski definition) is 1. The molecule has 1 aromatic carbocycles. The van der Waals surface area contributed by atoms with Crippen LogP contribution < -0.4 is 0 Å². The van der Waals surface area contributed by atoms with Crippen LogP contribution in [0.5, 0.6) is 0 Å². The van der Waals surface area contributed by atoms with Crippen molar-refractivity contribution in [1.82, 2.24) is 4.98 Å². The molecule has 1 N–H and O–H groups in total. The summed E-state index contributed by atoms with van der Waals surface area (Å²) in [4.78, 5) is 3.85. The van der Waals surface area contributed by atoms with E-state index in [1.165, 1.54) is 5.56 Å². The van der Waals surface area contributed by atoms with E-state index >= 15 is 0 Å². The molecule has 0 radical (unpaired) electrons. The second kappa shape index (κ2) is 8.12. The van der Waals surface area contributed by atoms with Crippen molar-refractivity contribution >= 4 is 0 Å². The van der Waals surface area contributed by atoms with Gasteiger partial charge in [-0.3, -0.25) is 4.98 Å². The lowest BCUT2D eigenvalue weighted by molar-refractivity contribution is -0.0443. The fraction of sp³-hybridized carbons (Fsp3) is 0.538. The van der Waals surface area contributed by atoms with Gasteiger partial charge in [0.05, 0.1) is 11.7 Å². The standard InChI is InChI=1S/C20H24FNO.C6H7N/c1-11-9-20(2)16(7-8-17(20)23)15-6-5-14-13(18(11)15)4-3-12(10-22)19(14)21;1-6-2-4-7-5-3-6/h3-4,11,15-18,23H,5-9H2,1-2H3;2-5H,1H3/t11-,15?,16?,17-,18?,20-;/m0./s1. The Kier molecular flexibility index (Phi) is 5.68. The molecule has 3 aliphatic carbocycles. The smallest absolute Gasteiger partial charge is 0.144 e. The van der Waals surface area contributed by atoms with Crippen LogP contribution in [0.15, 0.2) is 36.7 Å². The first-order chi connectivity index (χ1) is 14.4. The van der Waals surface area contributed by atoms with Gasteiger partial charge < -0.3 is 5.11 Å². The molecular weight excluding hydrogens is 375 g/mol.